The first-order valence-electron chi connectivity index (χ1n) is 7.21. The number of nitrogens with zero attached hydrogens (tertiary/aromatic N) is 3. The average molecular weight is 288 g/mol. The van der Waals surface area contributed by atoms with Gasteiger partial charge < -0.3 is 10.2 Å². The minimum atomic E-state index is -0.227. The van der Waals surface area contributed by atoms with Crippen LogP contribution in [0, 0.1) is 5.82 Å². The van der Waals surface area contributed by atoms with Gasteiger partial charge in [0.05, 0.1) is 0 Å². The fourth-order valence-corrected chi connectivity index (χ4v) is 1.94. The van der Waals surface area contributed by atoms with Crippen molar-refractivity contribution >= 4 is 11.8 Å². The van der Waals surface area contributed by atoms with E-state index >= 15 is 0 Å². The highest BCUT2D eigenvalue weighted by Crippen LogP contribution is 2.12. The number of benzene rings is 1. The van der Waals surface area contributed by atoms with Gasteiger partial charge in [-0.15, -0.1) is 0 Å². The number of aromatic nitrogens is 2. The van der Waals surface area contributed by atoms with E-state index in [1.165, 1.54) is 12.1 Å². The Morgan fingerprint density at radius 1 is 1.19 bits per heavy atom. The molecule has 0 bridgehead atoms. The van der Waals surface area contributed by atoms with Gasteiger partial charge in [0, 0.05) is 26.3 Å². The van der Waals surface area contributed by atoms with E-state index in [0.29, 0.717) is 12.5 Å². The summed E-state index contributed by atoms with van der Waals surface area (Å²) in [6.07, 6.45) is 4.04. The van der Waals surface area contributed by atoms with Crippen LogP contribution in [0.2, 0.25) is 0 Å². The van der Waals surface area contributed by atoms with Crippen LogP contribution in [0.1, 0.15) is 25.3 Å². The number of anilines is 2. The zero-order chi connectivity index (χ0) is 15.1. The highest BCUT2D eigenvalue weighted by Gasteiger charge is 2.04. The highest BCUT2D eigenvalue weighted by atomic mass is 19.1. The lowest BCUT2D eigenvalue weighted by Gasteiger charge is -2.18. The second kappa shape index (κ2) is 7.57. The largest absolute Gasteiger partial charge is 0.360 e. The number of hydrogen-bond donors (Lipinski definition) is 1. The molecule has 0 saturated carbocycles. The van der Waals surface area contributed by atoms with Crippen LogP contribution in [0.4, 0.5) is 16.2 Å². The van der Waals surface area contributed by atoms with E-state index in [2.05, 4.69) is 27.1 Å². The van der Waals surface area contributed by atoms with E-state index < -0.39 is 0 Å². The molecule has 0 fully saturated rings. The maximum atomic E-state index is 12.8. The van der Waals surface area contributed by atoms with Crippen molar-refractivity contribution in [3.8, 4) is 0 Å². The molecule has 112 valence electrons. The number of unbranched alkanes of at least 4 members (excludes halogenated alkanes) is 1. The Kier molecular flexibility index (Phi) is 5.49. The Labute approximate surface area is 125 Å². The summed E-state index contributed by atoms with van der Waals surface area (Å²) in [6, 6.07) is 8.30. The molecule has 1 N–H and O–H groups in total. The van der Waals surface area contributed by atoms with Gasteiger partial charge in [-0.25, -0.2) is 9.37 Å². The lowest BCUT2D eigenvalue weighted by Crippen LogP contribution is -2.20. The van der Waals surface area contributed by atoms with Crippen molar-refractivity contribution in [1.29, 1.82) is 0 Å². The number of nitrogens with one attached hydrogen (secondary N) is 1. The van der Waals surface area contributed by atoms with Gasteiger partial charge in [-0.05, 0) is 30.2 Å². The van der Waals surface area contributed by atoms with Gasteiger partial charge >= 0.3 is 0 Å². The van der Waals surface area contributed by atoms with Gasteiger partial charge in [0.25, 0.3) is 0 Å². The smallest absolute Gasteiger partial charge is 0.224 e. The number of rotatable bonds is 7. The zero-order valence-electron chi connectivity index (χ0n) is 12.5. The van der Waals surface area contributed by atoms with Gasteiger partial charge in [0.15, 0.2) is 0 Å². The number of halogens is 1. The van der Waals surface area contributed by atoms with Crippen LogP contribution in [0.15, 0.2) is 36.5 Å². The molecule has 0 atom stereocenters. The third-order valence-electron chi connectivity index (χ3n) is 3.24. The highest BCUT2D eigenvalue weighted by molar-refractivity contribution is 5.41. The minimum Gasteiger partial charge on any atom is -0.360 e. The molecule has 0 spiro atoms. The SMILES string of the molecule is CCCCN(C)c1ccnc(NCc2ccc(F)cc2)n1. The van der Waals surface area contributed by atoms with Crippen molar-refractivity contribution in [2.24, 2.45) is 0 Å². The van der Waals surface area contributed by atoms with Crippen molar-refractivity contribution in [3.63, 3.8) is 0 Å². The zero-order valence-corrected chi connectivity index (χ0v) is 12.5. The molecule has 0 aliphatic heterocycles. The molecule has 2 aromatic rings. The molecule has 1 aromatic carbocycles. The van der Waals surface area contributed by atoms with Crippen LogP contribution in [-0.4, -0.2) is 23.6 Å². The molecule has 1 heterocycles. The van der Waals surface area contributed by atoms with Gasteiger partial charge in [0.1, 0.15) is 11.6 Å². The van der Waals surface area contributed by atoms with E-state index in [-0.39, 0.29) is 5.82 Å². The van der Waals surface area contributed by atoms with Crippen molar-refractivity contribution in [1.82, 2.24) is 9.97 Å². The summed E-state index contributed by atoms with van der Waals surface area (Å²) in [7, 11) is 2.03. The van der Waals surface area contributed by atoms with E-state index in [4.69, 9.17) is 0 Å². The van der Waals surface area contributed by atoms with E-state index in [1.54, 1.807) is 18.3 Å². The maximum absolute atomic E-state index is 12.8. The van der Waals surface area contributed by atoms with Crippen LogP contribution in [0.5, 0.6) is 0 Å². The van der Waals surface area contributed by atoms with Gasteiger partial charge in [-0.1, -0.05) is 25.5 Å². The summed E-state index contributed by atoms with van der Waals surface area (Å²) in [5, 5.41) is 3.16. The summed E-state index contributed by atoms with van der Waals surface area (Å²) in [4.78, 5) is 10.8. The fourth-order valence-electron chi connectivity index (χ4n) is 1.94. The van der Waals surface area contributed by atoms with E-state index in [1.807, 2.05) is 13.1 Å². The molecule has 0 radical (unpaired) electrons. The van der Waals surface area contributed by atoms with Crippen LogP contribution >= 0.6 is 0 Å². The predicted molar refractivity (Wildman–Crippen MR) is 83.9 cm³/mol. The first kappa shape index (κ1) is 15.2. The third kappa shape index (κ3) is 4.70. The van der Waals surface area contributed by atoms with Crippen molar-refractivity contribution in [3.05, 3.63) is 47.9 Å². The van der Waals surface area contributed by atoms with E-state index in [0.717, 1.165) is 30.8 Å². The van der Waals surface area contributed by atoms with Gasteiger partial charge in [-0.2, -0.15) is 4.98 Å². The summed E-state index contributed by atoms with van der Waals surface area (Å²) in [6.45, 7) is 3.72. The second-order valence-electron chi connectivity index (χ2n) is 4.99. The first-order chi connectivity index (χ1) is 10.2. The minimum absolute atomic E-state index is 0.227. The monoisotopic (exact) mass is 288 g/mol. The summed E-state index contributed by atoms with van der Waals surface area (Å²) in [5.41, 5.74) is 0.991. The Bertz CT molecular complexity index is 556. The van der Waals surface area contributed by atoms with Gasteiger partial charge in [0.2, 0.25) is 5.95 Å². The van der Waals surface area contributed by atoms with Gasteiger partial charge in [-0.3, -0.25) is 0 Å². The van der Waals surface area contributed by atoms with Crippen LogP contribution in [0.3, 0.4) is 0 Å². The molecule has 2 rings (SSSR count). The molecule has 5 heteroatoms. The Hall–Kier alpha value is -2.17. The van der Waals surface area contributed by atoms with Crippen molar-refractivity contribution in [2.45, 2.75) is 26.3 Å². The van der Waals surface area contributed by atoms with Crippen LogP contribution in [0.25, 0.3) is 0 Å². The Morgan fingerprint density at radius 2 is 1.95 bits per heavy atom. The molecule has 0 amide bonds. The fraction of sp³-hybridized carbons (Fsp3) is 0.375. The van der Waals surface area contributed by atoms with Crippen molar-refractivity contribution < 1.29 is 4.39 Å². The Balaban J connectivity index is 1.95. The molecular formula is C16H21FN4. The summed E-state index contributed by atoms with van der Waals surface area (Å²) in [5.74, 6) is 1.26. The molecular weight excluding hydrogens is 267 g/mol. The lowest BCUT2D eigenvalue weighted by molar-refractivity contribution is 0.627. The lowest BCUT2D eigenvalue weighted by atomic mass is 10.2. The van der Waals surface area contributed by atoms with Crippen molar-refractivity contribution in [2.75, 3.05) is 23.8 Å². The Morgan fingerprint density at radius 3 is 2.67 bits per heavy atom. The third-order valence-corrected chi connectivity index (χ3v) is 3.24. The normalized spacial score (nSPS) is 10.4. The molecule has 0 aliphatic carbocycles. The molecule has 1 aromatic heterocycles. The summed E-state index contributed by atoms with van der Waals surface area (Å²) < 4.78 is 12.8. The standard InChI is InChI=1S/C16H21FN4/c1-3-4-11-21(2)15-9-10-18-16(20-15)19-12-13-5-7-14(17)8-6-13/h5-10H,3-4,11-12H2,1-2H3,(H,18,19,20). The maximum Gasteiger partial charge on any atom is 0.224 e. The molecule has 0 aliphatic rings. The second-order valence-corrected chi connectivity index (χ2v) is 4.99. The molecule has 4 nitrogen and oxygen atoms in total. The quantitative estimate of drug-likeness (QED) is 0.847. The molecule has 0 saturated heterocycles. The number of hydrogen-bond acceptors (Lipinski definition) is 4. The van der Waals surface area contributed by atoms with E-state index in [9.17, 15) is 4.39 Å². The average Bonchev–Trinajstić information content (AvgIpc) is 2.52. The van der Waals surface area contributed by atoms with Crippen LogP contribution < -0.4 is 10.2 Å². The molecule has 21 heavy (non-hydrogen) atoms. The topological polar surface area (TPSA) is 41.1 Å². The first-order valence-corrected chi connectivity index (χ1v) is 7.21. The molecule has 0 unspecified atom stereocenters. The predicted octanol–water partition coefficient (Wildman–Crippen LogP) is 3.46. The van der Waals surface area contributed by atoms with Crippen LogP contribution in [-0.2, 0) is 6.54 Å². The summed E-state index contributed by atoms with van der Waals surface area (Å²) >= 11 is 0.